The van der Waals surface area contributed by atoms with Crippen LogP contribution in [0.2, 0.25) is 15.1 Å². The van der Waals surface area contributed by atoms with Crippen LogP contribution in [0.3, 0.4) is 0 Å². The molecule has 0 spiro atoms. The first kappa shape index (κ1) is 30.8. The van der Waals surface area contributed by atoms with E-state index in [2.05, 4.69) is 5.32 Å². The molecule has 3 rings (SSSR count). The molecular weight excluding hydrogens is 581 g/mol. The molecule has 0 aromatic heterocycles. The lowest BCUT2D eigenvalue weighted by molar-refractivity contribution is -0.140. The van der Waals surface area contributed by atoms with Gasteiger partial charge in [-0.05, 0) is 75.7 Å². The fraction of sp³-hybridized carbons (Fsp3) is 0.286. The van der Waals surface area contributed by atoms with E-state index in [4.69, 9.17) is 34.8 Å². The molecule has 0 fully saturated rings. The summed E-state index contributed by atoms with van der Waals surface area (Å²) in [4.78, 5) is 28.4. The zero-order valence-corrected chi connectivity index (χ0v) is 25.1. The largest absolute Gasteiger partial charge is 0.350 e. The van der Waals surface area contributed by atoms with Crippen LogP contribution < -0.4 is 9.62 Å². The average molecular weight is 611 g/mol. The van der Waals surface area contributed by atoms with E-state index in [1.54, 1.807) is 61.5 Å². The van der Waals surface area contributed by atoms with Gasteiger partial charge in [0.15, 0.2) is 0 Å². The molecule has 0 aliphatic carbocycles. The minimum Gasteiger partial charge on any atom is -0.350 e. The standard InChI is InChI=1S/C28H30Cl3N3O4S/c1-19(27(36)32-28(2,3)4)33(17-20-13-14-22(30)16-25(20)31)26(35)18-34(23-10-8-9-21(29)15-23)39(37,38)24-11-6-5-7-12-24/h5-16,19H,17-18H2,1-4H3,(H,32,36)/t19-/m0/s1. The molecule has 39 heavy (non-hydrogen) atoms. The molecule has 0 radical (unpaired) electrons. The van der Waals surface area contributed by atoms with Crippen LogP contribution in [-0.4, -0.2) is 43.3 Å². The number of nitrogens with one attached hydrogen (secondary N) is 1. The lowest BCUT2D eigenvalue weighted by atomic mass is 10.1. The van der Waals surface area contributed by atoms with Crippen LogP contribution in [0.1, 0.15) is 33.3 Å². The molecule has 3 aromatic rings. The van der Waals surface area contributed by atoms with E-state index in [9.17, 15) is 18.0 Å². The summed E-state index contributed by atoms with van der Waals surface area (Å²) in [6.45, 7) is 6.42. The molecule has 1 N–H and O–H groups in total. The number of hydrogen-bond acceptors (Lipinski definition) is 4. The summed E-state index contributed by atoms with van der Waals surface area (Å²) in [5.41, 5.74) is 0.197. The van der Waals surface area contributed by atoms with E-state index >= 15 is 0 Å². The van der Waals surface area contributed by atoms with Crippen LogP contribution in [0.15, 0.2) is 77.7 Å². The average Bonchev–Trinajstić information content (AvgIpc) is 2.85. The van der Waals surface area contributed by atoms with Crippen LogP contribution in [0, 0.1) is 0 Å². The third-order valence-electron chi connectivity index (χ3n) is 5.73. The van der Waals surface area contributed by atoms with Crippen molar-refractivity contribution in [2.75, 3.05) is 10.8 Å². The second-order valence-electron chi connectivity index (χ2n) is 9.98. The number of amides is 2. The van der Waals surface area contributed by atoms with Gasteiger partial charge in [-0.2, -0.15) is 0 Å². The molecule has 0 saturated carbocycles. The minimum absolute atomic E-state index is 0.00333. The maximum atomic E-state index is 13.9. The Morgan fingerprint density at radius 1 is 0.897 bits per heavy atom. The zero-order chi connectivity index (χ0) is 29.0. The number of halogens is 3. The lowest BCUT2D eigenvalue weighted by Gasteiger charge is -2.33. The van der Waals surface area contributed by atoms with Gasteiger partial charge in [-0.1, -0.05) is 65.1 Å². The number of nitrogens with zero attached hydrogens (tertiary/aromatic N) is 2. The highest BCUT2D eigenvalue weighted by Crippen LogP contribution is 2.28. The minimum atomic E-state index is -4.18. The van der Waals surface area contributed by atoms with E-state index in [1.165, 1.54) is 23.1 Å². The molecule has 0 unspecified atom stereocenters. The molecular formula is C28H30Cl3N3O4S. The Kier molecular flexibility index (Phi) is 9.93. The Morgan fingerprint density at radius 2 is 1.54 bits per heavy atom. The molecule has 1 atom stereocenters. The predicted octanol–water partition coefficient (Wildman–Crippen LogP) is 6.17. The lowest BCUT2D eigenvalue weighted by Crippen LogP contribution is -2.54. The van der Waals surface area contributed by atoms with Gasteiger partial charge in [-0.3, -0.25) is 13.9 Å². The summed E-state index contributed by atoms with van der Waals surface area (Å²) in [7, 11) is -4.18. The van der Waals surface area contributed by atoms with Crippen LogP contribution in [0.5, 0.6) is 0 Å². The molecule has 0 bridgehead atoms. The molecule has 2 amide bonds. The second kappa shape index (κ2) is 12.6. The topological polar surface area (TPSA) is 86.8 Å². The maximum Gasteiger partial charge on any atom is 0.264 e. The molecule has 7 nitrogen and oxygen atoms in total. The molecule has 3 aromatic carbocycles. The van der Waals surface area contributed by atoms with Crippen LogP contribution >= 0.6 is 34.8 Å². The number of benzene rings is 3. The summed E-state index contributed by atoms with van der Waals surface area (Å²) < 4.78 is 28.5. The third-order valence-corrected chi connectivity index (χ3v) is 8.34. The number of carbonyl (C=O) groups excluding carboxylic acids is 2. The fourth-order valence-electron chi connectivity index (χ4n) is 3.77. The van der Waals surface area contributed by atoms with Crippen molar-refractivity contribution in [3.8, 4) is 0 Å². The first-order valence-corrected chi connectivity index (χ1v) is 14.7. The van der Waals surface area contributed by atoms with Crippen molar-refractivity contribution >= 4 is 62.3 Å². The van der Waals surface area contributed by atoms with Gasteiger partial charge in [0, 0.05) is 27.2 Å². The Morgan fingerprint density at radius 3 is 2.13 bits per heavy atom. The van der Waals surface area contributed by atoms with Gasteiger partial charge in [-0.25, -0.2) is 8.42 Å². The number of anilines is 1. The summed E-state index contributed by atoms with van der Waals surface area (Å²) >= 11 is 18.6. The summed E-state index contributed by atoms with van der Waals surface area (Å²) in [6, 6.07) is 17.9. The van der Waals surface area contributed by atoms with E-state index in [0.29, 0.717) is 20.6 Å². The van der Waals surface area contributed by atoms with Crippen molar-refractivity contribution in [1.82, 2.24) is 10.2 Å². The highest BCUT2D eigenvalue weighted by Gasteiger charge is 2.33. The fourth-order valence-corrected chi connectivity index (χ4v) is 5.85. The van der Waals surface area contributed by atoms with E-state index in [1.807, 2.05) is 20.8 Å². The van der Waals surface area contributed by atoms with Crippen LogP contribution in [0.4, 0.5) is 5.69 Å². The van der Waals surface area contributed by atoms with E-state index < -0.39 is 40.0 Å². The number of sulfonamides is 1. The highest BCUT2D eigenvalue weighted by atomic mass is 35.5. The van der Waals surface area contributed by atoms with Crippen molar-refractivity contribution in [2.45, 2.75) is 50.7 Å². The first-order valence-electron chi connectivity index (χ1n) is 12.1. The van der Waals surface area contributed by atoms with Crippen molar-refractivity contribution in [2.24, 2.45) is 0 Å². The summed E-state index contributed by atoms with van der Waals surface area (Å²) in [5.74, 6) is -1.02. The maximum absolute atomic E-state index is 13.9. The van der Waals surface area contributed by atoms with Crippen molar-refractivity contribution in [1.29, 1.82) is 0 Å². The van der Waals surface area contributed by atoms with Crippen molar-refractivity contribution in [3.05, 3.63) is 93.4 Å². The predicted molar refractivity (Wildman–Crippen MR) is 157 cm³/mol. The van der Waals surface area contributed by atoms with Gasteiger partial charge in [-0.15, -0.1) is 0 Å². The first-order chi connectivity index (χ1) is 18.2. The number of carbonyl (C=O) groups is 2. The quantitative estimate of drug-likeness (QED) is 0.314. The summed E-state index contributed by atoms with van der Waals surface area (Å²) in [5, 5.41) is 3.91. The molecule has 0 aliphatic rings. The Labute approximate surface area is 244 Å². The van der Waals surface area contributed by atoms with Gasteiger partial charge < -0.3 is 10.2 Å². The zero-order valence-electron chi connectivity index (χ0n) is 22.0. The van der Waals surface area contributed by atoms with Crippen molar-refractivity contribution in [3.63, 3.8) is 0 Å². The smallest absolute Gasteiger partial charge is 0.264 e. The third kappa shape index (κ3) is 8.11. The molecule has 11 heteroatoms. The van der Waals surface area contributed by atoms with Gasteiger partial charge >= 0.3 is 0 Å². The van der Waals surface area contributed by atoms with Gasteiger partial charge in [0.25, 0.3) is 10.0 Å². The van der Waals surface area contributed by atoms with Gasteiger partial charge in [0.2, 0.25) is 11.8 Å². The second-order valence-corrected chi connectivity index (χ2v) is 13.1. The Balaban J connectivity index is 2.05. The SMILES string of the molecule is C[C@@H](C(=O)NC(C)(C)C)N(Cc1ccc(Cl)cc1Cl)C(=O)CN(c1cccc(Cl)c1)S(=O)(=O)c1ccccc1. The summed E-state index contributed by atoms with van der Waals surface area (Å²) in [6.07, 6.45) is 0. The Hall–Kier alpha value is -2.78. The van der Waals surface area contributed by atoms with Crippen molar-refractivity contribution < 1.29 is 18.0 Å². The molecule has 0 heterocycles. The molecule has 208 valence electrons. The van der Waals surface area contributed by atoms with Gasteiger partial charge in [0.1, 0.15) is 12.6 Å². The van der Waals surface area contributed by atoms with E-state index in [-0.39, 0.29) is 17.1 Å². The number of rotatable bonds is 9. The van der Waals surface area contributed by atoms with Crippen LogP contribution in [0.25, 0.3) is 0 Å². The van der Waals surface area contributed by atoms with Gasteiger partial charge in [0.05, 0.1) is 10.6 Å². The molecule has 0 aliphatic heterocycles. The normalized spacial score (nSPS) is 12.5. The van der Waals surface area contributed by atoms with Crippen LogP contribution in [-0.2, 0) is 26.2 Å². The highest BCUT2D eigenvalue weighted by molar-refractivity contribution is 7.92. The van der Waals surface area contributed by atoms with E-state index in [0.717, 1.165) is 4.31 Å². The molecule has 0 saturated heterocycles. The monoisotopic (exact) mass is 609 g/mol. The Bertz CT molecular complexity index is 1440. The number of hydrogen-bond donors (Lipinski definition) is 1.